The number of rotatable bonds is 4. The summed E-state index contributed by atoms with van der Waals surface area (Å²) in [4.78, 5) is 0. The van der Waals surface area contributed by atoms with Crippen LogP contribution in [0.25, 0.3) is 108 Å². The van der Waals surface area contributed by atoms with Crippen LogP contribution < -0.4 is 5.46 Å². The second kappa shape index (κ2) is 20.5. The third kappa shape index (κ3) is 9.08. The van der Waals surface area contributed by atoms with E-state index >= 15 is 0 Å². The predicted octanol–water partition coefficient (Wildman–Crippen LogP) is 21.1. The molecular weight excluding hydrogens is 1360 g/mol. The van der Waals surface area contributed by atoms with E-state index in [-0.39, 0.29) is 18.3 Å². The molecule has 5 heterocycles. The first kappa shape index (κ1) is 51.9. The maximum atomic E-state index is 6.29. The van der Waals surface area contributed by atoms with E-state index in [9.17, 15) is 0 Å². The number of para-hydroxylation sites is 5. The molecule has 1 fully saturated rings. The number of thiophene rings is 1. The lowest BCUT2D eigenvalue weighted by Crippen LogP contribution is -2.41. The zero-order valence-corrected chi connectivity index (χ0v) is 51.9. The molecule has 5 nitrogen and oxygen atoms in total. The van der Waals surface area contributed by atoms with Gasteiger partial charge in [-0.3, -0.25) is 0 Å². The van der Waals surface area contributed by atoms with Gasteiger partial charge in [-0.25, -0.2) is 0 Å². The van der Waals surface area contributed by atoms with Crippen LogP contribution in [0.1, 0.15) is 27.7 Å². The Morgan fingerprint density at radius 3 is 1.58 bits per heavy atom. The number of hydrogen-bond donors (Lipinski definition) is 0. The van der Waals surface area contributed by atoms with Gasteiger partial charge in [-0.1, -0.05) is 159 Å². The molecule has 0 spiro atoms. The molecule has 382 valence electrons. The Kier molecular flexibility index (Phi) is 13.6. The molecule has 0 bridgehead atoms. The van der Waals surface area contributed by atoms with Crippen molar-refractivity contribution in [3.8, 4) is 22.5 Å². The van der Waals surface area contributed by atoms with Crippen LogP contribution in [0.15, 0.2) is 229 Å². The van der Waals surface area contributed by atoms with E-state index in [0.29, 0.717) is 0 Å². The molecule has 0 unspecified atom stereocenters. The monoisotopic (exact) mass is 1400 g/mol. The Hall–Kier alpha value is -5.55. The van der Waals surface area contributed by atoms with E-state index in [2.05, 4.69) is 305 Å². The highest BCUT2D eigenvalue weighted by molar-refractivity contribution is 14.1. The zero-order valence-electron chi connectivity index (χ0n) is 42.6. The molecule has 10 aromatic carbocycles. The van der Waals surface area contributed by atoms with Gasteiger partial charge in [0.2, 0.25) is 0 Å². The van der Waals surface area contributed by atoms with E-state index in [1.807, 2.05) is 35.6 Å². The van der Waals surface area contributed by atoms with Crippen LogP contribution >= 0.6 is 97.6 Å². The highest BCUT2D eigenvalue weighted by Crippen LogP contribution is 2.46. The Balaban J connectivity index is 0.000000118. The van der Waals surface area contributed by atoms with Crippen LogP contribution in [0, 0.1) is 3.57 Å². The molecule has 0 radical (unpaired) electrons. The van der Waals surface area contributed by atoms with Crippen molar-refractivity contribution in [2.75, 3.05) is 0 Å². The molecule has 4 aromatic heterocycles. The van der Waals surface area contributed by atoms with Gasteiger partial charge in [-0.05, 0) is 178 Å². The minimum absolute atomic E-state index is 0.348. The smallest absolute Gasteiger partial charge is 0.454 e. The number of halogens is 5. The fourth-order valence-corrected chi connectivity index (χ4v) is 15.4. The summed E-state index contributed by atoms with van der Waals surface area (Å²) in [7, 11) is -0.364. The minimum atomic E-state index is -0.364. The molecule has 0 aliphatic carbocycles. The van der Waals surface area contributed by atoms with Crippen molar-refractivity contribution >= 4 is 196 Å². The average Bonchev–Trinajstić information content (AvgIpc) is 4.43. The summed E-state index contributed by atoms with van der Waals surface area (Å²) in [5.41, 5.74) is 11.9. The van der Waals surface area contributed by atoms with Gasteiger partial charge in [-0.15, -0.1) is 11.3 Å². The van der Waals surface area contributed by atoms with Gasteiger partial charge < -0.3 is 22.9 Å². The van der Waals surface area contributed by atoms with Gasteiger partial charge in [0.25, 0.3) is 0 Å². The first-order valence-electron chi connectivity index (χ1n) is 25.5. The summed E-state index contributed by atoms with van der Waals surface area (Å²) >= 11 is 18.6. The van der Waals surface area contributed by atoms with Crippen LogP contribution in [0.5, 0.6) is 0 Å². The first-order chi connectivity index (χ1) is 37.7. The maximum Gasteiger partial charge on any atom is 0.494 e. The van der Waals surface area contributed by atoms with E-state index in [1.54, 1.807) is 0 Å². The summed E-state index contributed by atoms with van der Waals surface area (Å²) in [6.45, 7) is 8.36. The van der Waals surface area contributed by atoms with Crippen molar-refractivity contribution in [3.05, 3.63) is 228 Å². The largest absolute Gasteiger partial charge is 0.494 e. The standard InChI is InChI=1S/C30H17Br2NS.C24H24BNO2.C12H5Br2IO/c31-19-16-25-24-11-6-10-21(29(24)34-30(25)26(32)17-19)18-13-14-23-22-9-4-5-12-27(22)33(28(23)15-18)20-7-2-1-3-8-20;1-23(2)24(3,4)28-25(27-23)17-14-15-20-19-12-8-9-13-21(19)26(22(20)16-17)18-10-6-5-7-11-18;13-6-4-8-7-2-1-3-10(15)12(7)16-11(8)9(14)5-6/h1-17H;5-16H,1-4H3;1-5H. The topological polar surface area (TPSA) is 41.5 Å². The third-order valence-electron chi connectivity index (χ3n) is 15.2. The van der Waals surface area contributed by atoms with Crippen molar-refractivity contribution in [3.63, 3.8) is 0 Å². The third-order valence-corrected chi connectivity index (χ3v) is 19.8. The molecule has 1 saturated heterocycles. The second-order valence-corrected chi connectivity index (χ2v) is 26.2. The van der Waals surface area contributed by atoms with Gasteiger partial charge in [0, 0.05) is 77.3 Å². The van der Waals surface area contributed by atoms with Crippen LogP contribution in [0.2, 0.25) is 0 Å². The molecule has 14 aromatic rings. The molecule has 1 aliphatic rings. The van der Waals surface area contributed by atoms with E-state index in [0.717, 1.165) is 54.5 Å². The van der Waals surface area contributed by atoms with E-state index in [4.69, 9.17) is 13.7 Å². The molecule has 0 saturated carbocycles. The van der Waals surface area contributed by atoms with Crippen LogP contribution in [-0.2, 0) is 9.31 Å². The first-order valence-corrected chi connectivity index (χ1v) is 30.6. The lowest BCUT2D eigenvalue weighted by atomic mass is 9.79. The van der Waals surface area contributed by atoms with E-state index < -0.39 is 0 Å². The van der Waals surface area contributed by atoms with Gasteiger partial charge in [0.1, 0.15) is 11.2 Å². The van der Waals surface area contributed by atoms with E-state index in [1.165, 1.54) is 80.6 Å². The fourth-order valence-electron chi connectivity index (χ4n) is 10.8. The lowest BCUT2D eigenvalue weighted by Gasteiger charge is -2.32. The Bertz CT molecular complexity index is 4650. The normalized spacial score (nSPS) is 14.0. The number of fused-ring (bicyclic) bond motifs is 12. The van der Waals surface area contributed by atoms with Crippen LogP contribution in [-0.4, -0.2) is 27.5 Å². The van der Waals surface area contributed by atoms with Crippen molar-refractivity contribution in [1.29, 1.82) is 0 Å². The van der Waals surface area contributed by atoms with Gasteiger partial charge in [0.05, 0.1) is 41.3 Å². The number of nitrogens with zero attached hydrogens (tertiary/aromatic N) is 2. The minimum Gasteiger partial charge on any atom is -0.454 e. The van der Waals surface area contributed by atoms with Crippen LogP contribution in [0.4, 0.5) is 0 Å². The number of benzene rings is 10. The SMILES string of the molecule is Brc1cc(Br)c2oc3c(I)cccc3c2c1.Brc1cc(Br)c2sc3c(-c4ccc5c6ccccc6n(-c6ccccc6)c5c4)cccc3c2c1.CC1(C)OB(c2ccc3c4ccccc4n(-c4ccccc4)c3c2)OC1(C)C. The second-order valence-electron chi connectivity index (χ2n) is 20.5. The number of hydrogen-bond acceptors (Lipinski definition) is 4. The van der Waals surface area contributed by atoms with Crippen molar-refractivity contribution in [1.82, 2.24) is 9.13 Å². The van der Waals surface area contributed by atoms with Gasteiger partial charge in [0.15, 0.2) is 0 Å². The summed E-state index contributed by atoms with van der Waals surface area (Å²) in [6.07, 6.45) is 0. The average molecular weight is 1400 g/mol. The van der Waals surface area contributed by atoms with Gasteiger partial charge in [-0.2, -0.15) is 0 Å². The molecule has 12 heteroatoms. The zero-order chi connectivity index (χ0) is 53.6. The molecule has 1 aliphatic heterocycles. The summed E-state index contributed by atoms with van der Waals surface area (Å²) in [6, 6.07) is 73.1. The number of furan rings is 1. The summed E-state index contributed by atoms with van der Waals surface area (Å²) in [5, 5.41) is 9.91. The molecule has 15 rings (SSSR count). The van der Waals surface area contributed by atoms with Gasteiger partial charge >= 0.3 is 7.12 Å². The molecular formula is C66H46BBr4IN2O3S. The number of aromatic nitrogens is 2. The quantitative estimate of drug-likeness (QED) is 0.130. The fraction of sp³-hybridized carbons (Fsp3) is 0.0909. The van der Waals surface area contributed by atoms with Crippen molar-refractivity contribution < 1.29 is 13.7 Å². The summed E-state index contributed by atoms with van der Waals surface area (Å²) in [5.74, 6) is 0. The lowest BCUT2D eigenvalue weighted by molar-refractivity contribution is 0.00578. The van der Waals surface area contributed by atoms with Crippen LogP contribution in [0.3, 0.4) is 0 Å². The molecule has 0 atom stereocenters. The summed E-state index contributed by atoms with van der Waals surface area (Å²) < 4.78 is 31.1. The molecule has 0 N–H and O–H groups in total. The predicted molar refractivity (Wildman–Crippen MR) is 353 cm³/mol. The Morgan fingerprint density at radius 1 is 0.423 bits per heavy atom. The van der Waals surface area contributed by atoms with Crippen molar-refractivity contribution in [2.45, 2.75) is 38.9 Å². The molecule has 78 heavy (non-hydrogen) atoms. The Labute approximate surface area is 502 Å². The maximum absolute atomic E-state index is 6.29. The van der Waals surface area contributed by atoms with Crippen molar-refractivity contribution in [2.24, 2.45) is 0 Å². The highest BCUT2D eigenvalue weighted by Gasteiger charge is 2.51. The highest BCUT2D eigenvalue weighted by atomic mass is 127. The Morgan fingerprint density at radius 2 is 0.936 bits per heavy atom. The molecule has 0 amide bonds.